The van der Waals surface area contributed by atoms with Crippen LogP contribution < -0.4 is 5.32 Å². The fraction of sp³-hybridized carbons (Fsp3) is 0.263. The Labute approximate surface area is 134 Å². The number of aromatic hydroxyl groups is 2. The van der Waals surface area contributed by atoms with Gasteiger partial charge >= 0.3 is 0 Å². The molecule has 1 fully saturated rings. The van der Waals surface area contributed by atoms with Crippen molar-refractivity contribution in [2.24, 2.45) is 0 Å². The van der Waals surface area contributed by atoms with Gasteiger partial charge in [0.1, 0.15) is 11.5 Å². The third kappa shape index (κ3) is 1.82. The van der Waals surface area contributed by atoms with E-state index in [-0.39, 0.29) is 17.5 Å². The molecule has 3 aliphatic rings. The molecule has 2 bridgehead atoms. The van der Waals surface area contributed by atoms with Crippen molar-refractivity contribution in [3.8, 4) is 11.5 Å². The predicted octanol–water partition coefficient (Wildman–Crippen LogP) is 2.52. The number of phenolic OH excluding ortho intramolecular Hbond substituents is 2. The summed E-state index contributed by atoms with van der Waals surface area (Å²) in [6.45, 7) is 1.57. The monoisotopic (exact) mass is 306 g/mol. The molecule has 2 atom stereocenters. The van der Waals surface area contributed by atoms with Crippen LogP contribution in [0, 0.1) is 0 Å². The number of hydrogen-bond acceptors (Lipinski definition) is 4. The Morgan fingerprint density at radius 3 is 2.78 bits per heavy atom. The highest BCUT2D eigenvalue weighted by Gasteiger charge is 2.38. The lowest BCUT2D eigenvalue weighted by molar-refractivity contribution is 0.197. The molecule has 0 aromatic heterocycles. The van der Waals surface area contributed by atoms with Gasteiger partial charge in [-0.25, -0.2) is 0 Å². The molecule has 0 saturated carbocycles. The van der Waals surface area contributed by atoms with Crippen molar-refractivity contribution in [2.75, 3.05) is 6.54 Å². The van der Waals surface area contributed by atoms with E-state index >= 15 is 0 Å². The fourth-order valence-electron chi connectivity index (χ4n) is 4.20. The normalized spacial score (nSPS) is 24.3. The van der Waals surface area contributed by atoms with Crippen molar-refractivity contribution in [2.45, 2.75) is 25.0 Å². The van der Waals surface area contributed by atoms with Crippen molar-refractivity contribution < 1.29 is 10.2 Å². The zero-order valence-electron chi connectivity index (χ0n) is 12.7. The van der Waals surface area contributed by atoms with Crippen molar-refractivity contribution >= 4 is 6.08 Å². The lowest BCUT2D eigenvalue weighted by atomic mass is 9.83. The first-order chi connectivity index (χ1) is 11.2. The Hall–Kier alpha value is -2.46. The van der Waals surface area contributed by atoms with Crippen LogP contribution in [0.15, 0.2) is 42.1 Å². The molecule has 3 aliphatic heterocycles. The first-order valence-corrected chi connectivity index (χ1v) is 8.05. The number of piperazine rings is 1. The van der Waals surface area contributed by atoms with E-state index in [1.165, 1.54) is 16.8 Å². The first kappa shape index (κ1) is 13.0. The van der Waals surface area contributed by atoms with E-state index in [1.807, 2.05) is 6.08 Å². The molecule has 0 aliphatic carbocycles. The van der Waals surface area contributed by atoms with E-state index in [0.717, 1.165) is 24.1 Å². The number of phenols is 2. The summed E-state index contributed by atoms with van der Waals surface area (Å²) in [5, 5.41) is 24.1. The van der Waals surface area contributed by atoms with Gasteiger partial charge in [-0.2, -0.15) is 0 Å². The number of nitrogens with zero attached hydrogens (tertiary/aromatic N) is 1. The van der Waals surface area contributed by atoms with Crippen LogP contribution >= 0.6 is 0 Å². The van der Waals surface area contributed by atoms with Gasteiger partial charge in [-0.15, -0.1) is 0 Å². The Morgan fingerprint density at radius 1 is 1.04 bits per heavy atom. The Balaban J connectivity index is 1.69. The van der Waals surface area contributed by atoms with Crippen LogP contribution in [-0.4, -0.2) is 27.7 Å². The van der Waals surface area contributed by atoms with Gasteiger partial charge in [0.25, 0.3) is 0 Å². The second kappa shape index (κ2) is 4.52. The van der Waals surface area contributed by atoms with Gasteiger partial charge < -0.3 is 20.4 Å². The van der Waals surface area contributed by atoms with Gasteiger partial charge in [-0.1, -0.05) is 24.3 Å². The zero-order chi connectivity index (χ0) is 15.6. The fourth-order valence-corrected chi connectivity index (χ4v) is 4.20. The molecule has 2 aromatic rings. The van der Waals surface area contributed by atoms with Crippen molar-refractivity contribution in [1.29, 1.82) is 0 Å². The predicted molar refractivity (Wildman–Crippen MR) is 88.0 cm³/mol. The van der Waals surface area contributed by atoms with Crippen LogP contribution in [0.5, 0.6) is 11.5 Å². The Kier molecular flexibility index (Phi) is 2.56. The van der Waals surface area contributed by atoms with E-state index in [9.17, 15) is 10.2 Å². The van der Waals surface area contributed by atoms with Crippen LogP contribution in [0.1, 0.15) is 28.3 Å². The Bertz CT molecular complexity index is 843. The summed E-state index contributed by atoms with van der Waals surface area (Å²) in [6, 6.07) is 12.3. The van der Waals surface area contributed by atoms with Crippen LogP contribution in [0.4, 0.5) is 0 Å². The average molecular weight is 306 g/mol. The van der Waals surface area contributed by atoms with Crippen molar-refractivity contribution in [3.05, 3.63) is 64.3 Å². The second-order valence-electron chi connectivity index (χ2n) is 6.65. The van der Waals surface area contributed by atoms with Crippen LogP contribution in [0.25, 0.3) is 6.08 Å². The molecule has 1 saturated heterocycles. The first-order valence-electron chi connectivity index (χ1n) is 8.05. The highest BCUT2D eigenvalue weighted by molar-refractivity contribution is 5.69. The topological polar surface area (TPSA) is 55.7 Å². The summed E-state index contributed by atoms with van der Waals surface area (Å²) in [6.07, 6.45) is 3.07. The van der Waals surface area contributed by atoms with E-state index in [0.29, 0.717) is 12.6 Å². The number of hydrogen-bond donors (Lipinski definition) is 3. The zero-order valence-corrected chi connectivity index (χ0v) is 12.7. The average Bonchev–Trinajstić information content (AvgIpc) is 2.57. The van der Waals surface area contributed by atoms with Crippen LogP contribution in [0.3, 0.4) is 0 Å². The van der Waals surface area contributed by atoms with E-state index in [2.05, 4.69) is 34.5 Å². The maximum Gasteiger partial charge on any atom is 0.123 e. The third-order valence-corrected chi connectivity index (χ3v) is 5.29. The van der Waals surface area contributed by atoms with Crippen LogP contribution in [0.2, 0.25) is 0 Å². The van der Waals surface area contributed by atoms with Crippen molar-refractivity contribution in [3.63, 3.8) is 0 Å². The molecule has 4 heteroatoms. The van der Waals surface area contributed by atoms with Gasteiger partial charge in [0.05, 0.1) is 6.04 Å². The van der Waals surface area contributed by atoms with Gasteiger partial charge in [0.2, 0.25) is 0 Å². The molecule has 0 radical (unpaired) electrons. The minimum Gasteiger partial charge on any atom is -0.508 e. The molecule has 116 valence electrons. The highest BCUT2D eigenvalue weighted by Crippen LogP contribution is 2.43. The molecular formula is C19H18N2O2. The largest absolute Gasteiger partial charge is 0.508 e. The molecule has 3 N–H and O–H groups in total. The quantitative estimate of drug-likeness (QED) is 0.655. The highest BCUT2D eigenvalue weighted by atomic mass is 16.3. The smallest absolute Gasteiger partial charge is 0.123 e. The van der Waals surface area contributed by atoms with E-state index < -0.39 is 0 Å². The SMILES string of the molecule is Oc1ccc(O)c2c1C=C1C3NC(Cc4ccccc43)CN1C2. The number of benzene rings is 2. The summed E-state index contributed by atoms with van der Waals surface area (Å²) < 4.78 is 0. The molecule has 2 unspecified atom stereocenters. The van der Waals surface area contributed by atoms with Crippen molar-refractivity contribution in [1.82, 2.24) is 10.2 Å². The number of nitrogens with one attached hydrogen (secondary N) is 1. The lowest BCUT2D eigenvalue weighted by Gasteiger charge is -2.48. The minimum absolute atomic E-state index is 0.161. The van der Waals surface area contributed by atoms with Gasteiger partial charge in [0, 0.05) is 36.0 Å². The van der Waals surface area contributed by atoms with E-state index in [1.54, 1.807) is 12.1 Å². The number of fused-ring (bicyclic) bond motifs is 7. The molecule has 0 spiro atoms. The third-order valence-electron chi connectivity index (χ3n) is 5.29. The summed E-state index contributed by atoms with van der Waals surface area (Å²) >= 11 is 0. The molecule has 3 heterocycles. The summed E-state index contributed by atoms with van der Waals surface area (Å²) in [5.41, 5.74) is 5.49. The summed E-state index contributed by atoms with van der Waals surface area (Å²) in [7, 11) is 0. The molecule has 0 amide bonds. The molecule has 5 rings (SSSR count). The maximum absolute atomic E-state index is 10.2. The summed E-state index contributed by atoms with van der Waals surface area (Å²) in [5.74, 6) is 0.494. The van der Waals surface area contributed by atoms with Gasteiger partial charge in [0.15, 0.2) is 0 Å². The Morgan fingerprint density at radius 2 is 1.87 bits per heavy atom. The maximum atomic E-state index is 10.2. The van der Waals surface area contributed by atoms with Gasteiger partial charge in [-0.3, -0.25) is 0 Å². The van der Waals surface area contributed by atoms with E-state index in [4.69, 9.17) is 0 Å². The summed E-state index contributed by atoms with van der Waals surface area (Å²) in [4.78, 5) is 2.34. The standard InChI is InChI=1S/C19H18N2O2/c22-17-5-6-18(23)15-10-21-9-12-7-11-3-1-2-4-13(11)19(20-12)16(21)8-14(15)17/h1-6,8,12,19-20,22-23H,7,9-10H2. The second-order valence-corrected chi connectivity index (χ2v) is 6.65. The molecule has 2 aromatic carbocycles. The number of rotatable bonds is 0. The molecule has 23 heavy (non-hydrogen) atoms. The molecule has 4 nitrogen and oxygen atoms in total. The van der Waals surface area contributed by atoms with Crippen LogP contribution in [-0.2, 0) is 13.0 Å². The minimum atomic E-state index is 0.161. The lowest BCUT2D eigenvalue weighted by Crippen LogP contribution is -2.54. The molecular weight excluding hydrogens is 288 g/mol. The van der Waals surface area contributed by atoms with Gasteiger partial charge in [-0.05, 0) is 35.8 Å².